The van der Waals surface area contributed by atoms with Crippen molar-refractivity contribution in [2.75, 3.05) is 0 Å². The minimum absolute atomic E-state index is 0.369. The molecule has 1 heterocycles. The largest absolute Gasteiger partial charge is 0.0888 e. The first-order valence-corrected chi connectivity index (χ1v) is 16.8. The zero-order valence-electron chi connectivity index (χ0n) is 24.9. The fraction of sp³-hybridized carbons (Fsp3) is 0.0222. The molecule has 0 saturated heterocycles. The molecule has 46 heavy (non-hydrogen) atoms. The minimum atomic E-state index is -0.369. The molecule has 3 aliphatic rings. The van der Waals surface area contributed by atoms with E-state index in [4.69, 9.17) is 0 Å². The zero-order valence-corrected chi connectivity index (χ0v) is 25.7. The molecule has 0 amide bonds. The lowest BCUT2D eigenvalue weighted by atomic mass is 9.70. The highest BCUT2D eigenvalue weighted by molar-refractivity contribution is 7.99. The summed E-state index contributed by atoms with van der Waals surface area (Å²) in [6.07, 6.45) is 0. The van der Waals surface area contributed by atoms with Crippen LogP contribution in [-0.4, -0.2) is 0 Å². The summed E-state index contributed by atoms with van der Waals surface area (Å²) in [5.74, 6) is 0. The first-order valence-electron chi connectivity index (χ1n) is 16.0. The van der Waals surface area contributed by atoms with Gasteiger partial charge in [-0.25, -0.2) is 0 Å². The van der Waals surface area contributed by atoms with E-state index in [-0.39, 0.29) is 5.41 Å². The molecule has 0 atom stereocenters. The van der Waals surface area contributed by atoms with Crippen molar-refractivity contribution in [2.45, 2.75) is 15.2 Å². The molecule has 0 radical (unpaired) electrons. The van der Waals surface area contributed by atoms with Gasteiger partial charge in [0.25, 0.3) is 0 Å². The van der Waals surface area contributed by atoms with Crippen LogP contribution in [-0.2, 0) is 5.41 Å². The maximum Gasteiger partial charge on any atom is 0.0725 e. The molecule has 8 aromatic carbocycles. The van der Waals surface area contributed by atoms with E-state index >= 15 is 0 Å². The van der Waals surface area contributed by atoms with Crippen molar-refractivity contribution >= 4 is 33.3 Å². The lowest BCUT2D eigenvalue weighted by Gasteiger charge is -2.31. The maximum atomic E-state index is 2.51. The minimum Gasteiger partial charge on any atom is -0.0888 e. The molecule has 0 saturated carbocycles. The van der Waals surface area contributed by atoms with Gasteiger partial charge in [0.1, 0.15) is 0 Å². The standard InChI is InChI=1S/C45H26S/c1-2-12-31-27(9-1)20-23-39-44(31)35-22-19-30(26-40(35)45(39)37-16-5-3-13-32(37)33-14-4-6-17-38(33)45)29-21-24-41-36(25-29)34-15-7-10-28-11-8-18-42(46-41)43(28)34/h1-26H. The van der Waals surface area contributed by atoms with Gasteiger partial charge in [-0.15, -0.1) is 0 Å². The van der Waals surface area contributed by atoms with E-state index in [2.05, 4.69) is 158 Å². The van der Waals surface area contributed by atoms with Crippen LogP contribution in [0.2, 0.25) is 0 Å². The Balaban J connectivity index is 1.20. The van der Waals surface area contributed by atoms with Crippen molar-refractivity contribution in [2.24, 2.45) is 0 Å². The van der Waals surface area contributed by atoms with Crippen molar-refractivity contribution in [1.82, 2.24) is 0 Å². The molecule has 1 aliphatic heterocycles. The Morgan fingerprint density at radius 1 is 0.370 bits per heavy atom. The highest BCUT2D eigenvalue weighted by atomic mass is 32.2. The van der Waals surface area contributed by atoms with Gasteiger partial charge in [0.05, 0.1) is 5.41 Å². The molecule has 0 fully saturated rings. The summed E-state index contributed by atoms with van der Waals surface area (Å²) < 4.78 is 0. The predicted molar refractivity (Wildman–Crippen MR) is 193 cm³/mol. The number of benzene rings is 8. The van der Waals surface area contributed by atoms with Crippen molar-refractivity contribution in [3.63, 3.8) is 0 Å². The molecule has 1 heteroatoms. The van der Waals surface area contributed by atoms with E-state index in [1.165, 1.54) is 98.1 Å². The smallest absolute Gasteiger partial charge is 0.0725 e. The second-order valence-corrected chi connectivity index (χ2v) is 13.9. The molecular formula is C45H26S. The van der Waals surface area contributed by atoms with E-state index < -0.39 is 0 Å². The third-order valence-electron chi connectivity index (χ3n) is 10.7. The summed E-state index contributed by atoms with van der Waals surface area (Å²) >= 11 is 1.89. The lowest BCUT2D eigenvalue weighted by molar-refractivity contribution is 0.795. The molecule has 0 nitrogen and oxygen atoms in total. The van der Waals surface area contributed by atoms with Crippen LogP contribution in [0.1, 0.15) is 22.3 Å². The number of rotatable bonds is 1. The summed E-state index contributed by atoms with van der Waals surface area (Å²) in [5.41, 5.74) is 15.7. The van der Waals surface area contributed by atoms with Crippen LogP contribution in [0, 0.1) is 0 Å². The normalized spacial score (nSPS) is 14.2. The van der Waals surface area contributed by atoms with Gasteiger partial charge in [-0.1, -0.05) is 145 Å². The van der Waals surface area contributed by atoms with Crippen molar-refractivity contribution in [1.29, 1.82) is 0 Å². The molecule has 0 N–H and O–H groups in total. The fourth-order valence-corrected chi connectivity index (χ4v) is 9.96. The lowest BCUT2D eigenvalue weighted by Crippen LogP contribution is -2.25. The highest BCUT2D eigenvalue weighted by Crippen LogP contribution is 2.64. The Hall–Kier alpha value is -5.37. The van der Waals surface area contributed by atoms with Gasteiger partial charge in [0.15, 0.2) is 0 Å². The van der Waals surface area contributed by atoms with Gasteiger partial charge < -0.3 is 0 Å². The zero-order chi connectivity index (χ0) is 30.0. The second kappa shape index (κ2) is 8.88. The van der Waals surface area contributed by atoms with Gasteiger partial charge >= 0.3 is 0 Å². The second-order valence-electron chi connectivity index (χ2n) is 12.8. The van der Waals surface area contributed by atoms with E-state index in [9.17, 15) is 0 Å². The average Bonchev–Trinajstić information content (AvgIpc) is 3.59. The van der Waals surface area contributed by atoms with E-state index in [0.717, 1.165) is 0 Å². The van der Waals surface area contributed by atoms with Crippen LogP contribution in [0.5, 0.6) is 0 Å². The summed E-state index contributed by atoms with van der Waals surface area (Å²) in [4.78, 5) is 2.67. The van der Waals surface area contributed by atoms with Crippen LogP contribution in [0.15, 0.2) is 168 Å². The van der Waals surface area contributed by atoms with E-state index in [1.54, 1.807) is 0 Å². The van der Waals surface area contributed by atoms with Crippen molar-refractivity contribution in [3.05, 3.63) is 180 Å². The molecule has 11 rings (SSSR count). The average molecular weight is 599 g/mol. The van der Waals surface area contributed by atoms with Gasteiger partial charge in [-0.2, -0.15) is 0 Å². The quantitative estimate of drug-likeness (QED) is 0.181. The first-order chi connectivity index (χ1) is 22.8. The number of hydrogen-bond acceptors (Lipinski definition) is 1. The third kappa shape index (κ3) is 3.02. The Kier molecular flexibility index (Phi) is 4.80. The Labute approximate surface area is 272 Å². The topological polar surface area (TPSA) is 0 Å². The summed E-state index contributed by atoms with van der Waals surface area (Å²) in [5, 5.41) is 5.29. The maximum absolute atomic E-state index is 2.51. The molecular weight excluding hydrogens is 573 g/mol. The van der Waals surface area contributed by atoms with Crippen molar-refractivity contribution in [3.8, 4) is 44.5 Å². The molecule has 0 bridgehead atoms. The molecule has 1 spiro atoms. The van der Waals surface area contributed by atoms with Crippen LogP contribution in [0.4, 0.5) is 0 Å². The molecule has 8 aromatic rings. The van der Waals surface area contributed by atoms with E-state index in [1.807, 2.05) is 11.8 Å². The van der Waals surface area contributed by atoms with E-state index in [0.29, 0.717) is 0 Å². The number of hydrogen-bond donors (Lipinski definition) is 0. The first kappa shape index (κ1) is 24.9. The van der Waals surface area contributed by atoms with Gasteiger partial charge in [0.2, 0.25) is 0 Å². The Bertz CT molecular complexity index is 2570. The van der Waals surface area contributed by atoms with Gasteiger partial charge in [0, 0.05) is 15.2 Å². The van der Waals surface area contributed by atoms with Crippen LogP contribution >= 0.6 is 11.8 Å². The summed E-state index contributed by atoms with van der Waals surface area (Å²) in [6, 6.07) is 59.5. The molecule has 0 unspecified atom stereocenters. The summed E-state index contributed by atoms with van der Waals surface area (Å²) in [6.45, 7) is 0. The SMILES string of the molecule is c1ccc2c(c1)-c1ccccc1C21c2cc(-c3ccc4c(c3)-c3cccc5cccc(c35)S4)ccc2-c2c1ccc1ccccc21. The molecule has 212 valence electrons. The third-order valence-corrected chi connectivity index (χ3v) is 11.8. The Morgan fingerprint density at radius 3 is 1.89 bits per heavy atom. The van der Waals surface area contributed by atoms with Crippen molar-refractivity contribution < 1.29 is 0 Å². The monoisotopic (exact) mass is 598 g/mol. The Morgan fingerprint density at radius 2 is 1.04 bits per heavy atom. The predicted octanol–water partition coefficient (Wildman–Crippen LogP) is 12.1. The van der Waals surface area contributed by atoms with Crippen LogP contribution in [0.3, 0.4) is 0 Å². The summed E-state index contributed by atoms with van der Waals surface area (Å²) in [7, 11) is 0. The molecule has 0 aromatic heterocycles. The van der Waals surface area contributed by atoms with Gasteiger partial charge in [-0.05, 0) is 107 Å². The highest BCUT2D eigenvalue weighted by Gasteiger charge is 2.52. The fourth-order valence-electron chi connectivity index (χ4n) is 8.83. The van der Waals surface area contributed by atoms with Crippen LogP contribution in [0.25, 0.3) is 66.1 Å². The number of fused-ring (bicyclic) bond motifs is 14. The van der Waals surface area contributed by atoms with Gasteiger partial charge in [-0.3, -0.25) is 0 Å². The van der Waals surface area contributed by atoms with Crippen LogP contribution < -0.4 is 0 Å². The molecule has 2 aliphatic carbocycles.